The van der Waals surface area contributed by atoms with Crippen LogP contribution in [0.25, 0.3) is 0 Å². The average Bonchev–Trinajstić information content (AvgIpc) is 2.26. The van der Waals surface area contributed by atoms with Crippen molar-refractivity contribution < 1.29 is 9.72 Å². The van der Waals surface area contributed by atoms with Crippen molar-refractivity contribution in [3.05, 3.63) is 39.4 Å². The number of nitro groups is 1. The fraction of sp³-hybridized carbons (Fsp3) is 0.462. The van der Waals surface area contributed by atoms with Crippen LogP contribution in [0.5, 0.6) is 0 Å². The molecule has 0 N–H and O–H groups in total. The smallest absolute Gasteiger partial charge is 0.270 e. The number of nitro benzene ring substituents is 1. The second kappa shape index (κ2) is 5.08. The van der Waals surface area contributed by atoms with Crippen molar-refractivity contribution in [1.82, 2.24) is 0 Å². The zero-order valence-electron chi connectivity index (χ0n) is 10.6. The highest BCUT2D eigenvalue weighted by molar-refractivity contribution is 5.99. The maximum atomic E-state index is 12.0. The molecule has 1 aromatic rings. The Hall–Kier alpha value is -1.71. The summed E-state index contributed by atoms with van der Waals surface area (Å²) in [6.07, 6.45) is 0. The van der Waals surface area contributed by atoms with Crippen molar-refractivity contribution in [2.45, 2.75) is 33.6 Å². The minimum Gasteiger partial charge on any atom is -0.294 e. The van der Waals surface area contributed by atoms with Crippen molar-refractivity contribution in [3.8, 4) is 0 Å². The van der Waals surface area contributed by atoms with Gasteiger partial charge in [-0.05, 0) is 11.5 Å². The van der Waals surface area contributed by atoms with Gasteiger partial charge in [0.05, 0.1) is 4.92 Å². The van der Waals surface area contributed by atoms with Crippen molar-refractivity contribution in [3.63, 3.8) is 0 Å². The molecular weight excluding hydrogens is 218 g/mol. The Kier molecular flexibility index (Phi) is 3.99. The van der Waals surface area contributed by atoms with Crippen LogP contribution in [0, 0.1) is 16.0 Å². The first kappa shape index (κ1) is 13.4. The van der Waals surface area contributed by atoms with E-state index in [9.17, 15) is 14.9 Å². The van der Waals surface area contributed by atoms with Crippen LogP contribution < -0.4 is 0 Å². The van der Waals surface area contributed by atoms with Gasteiger partial charge in [-0.1, -0.05) is 33.8 Å². The summed E-state index contributed by atoms with van der Waals surface area (Å²) in [6, 6.07) is 4.52. The predicted molar refractivity (Wildman–Crippen MR) is 66.4 cm³/mol. The maximum Gasteiger partial charge on any atom is 0.270 e. The van der Waals surface area contributed by atoms with Crippen LogP contribution in [0.1, 0.15) is 49.5 Å². The van der Waals surface area contributed by atoms with E-state index in [0.29, 0.717) is 5.56 Å². The monoisotopic (exact) mass is 235 g/mol. The first-order chi connectivity index (χ1) is 7.84. The van der Waals surface area contributed by atoms with E-state index in [-0.39, 0.29) is 23.3 Å². The van der Waals surface area contributed by atoms with E-state index in [4.69, 9.17) is 0 Å². The summed E-state index contributed by atoms with van der Waals surface area (Å²) in [5.41, 5.74) is 1.32. The Morgan fingerprint density at radius 1 is 1.24 bits per heavy atom. The predicted octanol–water partition coefficient (Wildman–Crippen LogP) is 3.56. The number of nitrogens with zero attached hydrogens (tertiary/aromatic N) is 1. The molecule has 1 aromatic carbocycles. The molecule has 0 aliphatic rings. The third kappa shape index (κ3) is 2.90. The fourth-order valence-electron chi connectivity index (χ4n) is 1.69. The van der Waals surface area contributed by atoms with Crippen LogP contribution in [-0.4, -0.2) is 10.7 Å². The number of benzene rings is 1. The highest BCUT2D eigenvalue weighted by atomic mass is 16.6. The van der Waals surface area contributed by atoms with Gasteiger partial charge in [0, 0.05) is 23.6 Å². The highest BCUT2D eigenvalue weighted by Gasteiger charge is 2.20. The summed E-state index contributed by atoms with van der Waals surface area (Å²) in [6.45, 7) is 7.53. The molecule has 0 amide bonds. The molecule has 0 spiro atoms. The van der Waals surface area contributed by atoms with Gasteiger partial charge in [-0.2, -0.15) is 0 Å². The minimum absolute atomic E-state index is 0.0293. The first-order valence-corrected chi connectivity index (χ1v) is 5.67. The van der Waals surface area contributed by atoms with Gasteiger partial charge in [0.1, 0.15) is 0 Å². The van der Waals surface area contributed by atoms with E-state index in [1.807, 2.05) is 13.8 Å². The first-order valence-electron chi connectivity index (χ1n) is 5.67. The number of Topliss-reactive ketones (excluding diaryl/α,β-unsaturated/α-hetero) is 1. The van der Waals surface area contributed by atoms with Crippen molar-refractivity contribution in [2.75, 3.05) is 0 Å². The summed E-state index contributed by atoms with van der Waals surface area (Å²) in [5.74, 6) is -0.0274. The van der Waals surface area contributed by atoms with Crippen LogP contribution >= 0.6 is 0 Å². The van der Waals surface area contributed by atoms with Gasteiger partial charge >= 0.3 is 0 Å². The van der Waals surface area contributed by atoms with Crippen molar-refractivity contribution in [2.24, 2.45) is 5.92 Å². The molecule has 0 atom stereocenters. The molecule has 0 fully saturated rings. The fourth-order valence-corrected chi connectivity index (χ4v) is 1.69. The molecule has 4 nitrogen and oxygen atoms in total. The van der Waals surface area contributed by atoms with Gasteiger partial charge in [0.15, 0.2) is 5.78 Å². The van der Waals surface area contributed by atoms with Crippen LogP contribution in [0.4, 0.5) is 5.69 Å². The lowest BCUT2D eigenvalue weighted by Crippen LogP contribution is -2.11. The number of ketones is 1. The van der Waals surface area contributed by atoms with Gasteiger partial charge in [0.2, 0.25) is 0 Å². The number of hydrogen-bond donors (Lipinski definition) is 0. The van der Waals surface area contributed by atoms with Crippen LogP contribution in [0.3, 0.4) is 0 Å². The van der Waals surface area contributed by atoms with E-state index in [1.54, 1.807) is 19.9 Å². The summed E-state index contributed by atoms with van der Waals surface area (Å²) in [7, 11) is 0. The molecule has 1 rings (SSSR count). The van der Waals surface area contributed by atoms with Gasteiger partial charge in [-0.3, -0.25) is 14.9 Å². The Balaban J connectivity index is 3.35. The molecule has 0 saturated carbocycles. The molecule has 17 heavy (non-hydrogen) atoms. The highest BCUT2D eigenvalue weighted by Crippen LogP contribution is 2.26. The maximum absolute atomic E-state index is 12.0. The molecule has 0 unspecified atom stereocenters. The lowest BCUT2D eigenvalue weighted by molar-refractivity contribution is -0.384. The SMILES string of the molecule is CC(C)C(=O)c1cc([N+](=O)[O-])ccc1C(C)C. The van der Waals surface area contributed by atoms with Crippen LogP contribution in [0.15, 0.2) is 18.2 Å². The second-order valence-electron chi connectivity index (χ2n) is 4.70. The second-order valence-corrected chi connectivity index (χ2v) is 4.70. The van der Waals surface area contributed by atoms with Gasteiger partial charge in [-0.15, -0.1) is 0 Å². The Labute approximate surface area is 101 Å². The summed E-state index contributed by atoms with van der Waals surface area (Å²) in [5, 5.41) is 10.7. The lowest BCUT2D eigenvalue weighted by atomic mass is 9.90. The number of hydrogen-bond acceptors (Lipinski definition) is 3. The van der Waals surface area contributed by atoms with Crippen molar-refractivity contribution >= 4 is 11.5 Å². The topological polar surface area (TPSA) is 60.2 Å². The number of carbonyl (C=O) groups is 1. The largest absolute Gasteiger partial charge is 0.294 e. The molecule has 0 saturated heterocycles. The Morgan fingerprint density at radius 3 is 2.24 bits per heavy atom. The normalized spacial score (nSPS) is 10.9. The Morgan fingerprint density at radius 2 is 1.82 bits per heavy atom. The van der Waals surface area contributed by atoms with Gasteiger partial charge < -0.3 is 0 Å². The molecule has 0 aliphatic heterocycles. The van der Waals surface area contributed by atoms with Crippen LogP contribution in [0.2, 0.25) is 0 Å². The molecule has 0 radical (unpaired) electrons. The average molecular weight is 235 g/mol. The molecule has 4 heteroatoms. The number of non-ortho nitro benzene ring substituents is 1. The third-order valence-electron chi connectivity index (χ3n) is 2.66. The summed E-state index contributed by atoms with van der Waals surface area (Å²) < 4.78 is 0. The number of rotatable bonds is 4. The van der Waals surface area contributed by atoms with Gasteiger partial charge in [-0.25, -0.2) is 0 Å². The van der Waals surface area contributed by atoms with Crippen LogP contribution in [-0.2, 0) is 0 Å². The zero-order valence-corrected chi connectivity index (χ0v) is 10.6. The summed E-state index contributed by atoms with van der Waals surface area (Å²) >= 11 is 0. The quantitative estimate of drug-likeness (QED) is 0.455. The van der Waals surface area contributed by atoms with E-state index in [2.05, 4.69) is 0 Å². The third-order valence-corrected chi connectivity index (χ3v) is 2.66. The van der Waals surface area contributed by atoms with E-state index in [0.717, 1.165) is 5.56 Å². The number of carbonyl (C=O) groups excluding carboxylic acids is 1. The molecule has 0 heterocycles. The molecule has 0 bridgehead atoms. The Bertz CT molecular complexity index is 450. The molecule has 0 aromatic heterocycles. The zero-order chi connectivity index (χ0) is 13.2. The minimum atomic E-state index is -0.471. The summed E-state index contributed by atoms with van der Waals surface area (Å²) in [4.78, 5) is 22.3. The standard InChI is InChI=1S/C13H17NO3/c1-8(2)11-6-5-10(14(16)17)7-12(11)13(15)9(3)4/h5-9H,1-4H3. The van der Waals surface area contributed by atoms with E-state index < -0.39 is 4.92 Å². The molecule has 92 valence electrons. The van der Waals surface area contributed by atoms with Gasteiger partial charge in [0.25, 0.3) is 5.69 Å². The van der Waals surface area contributed by atoms with E-state index >= 15 is 0 Å². The molecular formula is C13H17NO3. The van der Waals surface area contributed by atoms with Crippen molar-refractivity contribution in [1.29, 1.82) is 0 Å². The molecule has 0 aliphatic carbocycles. The lowest BCUT2D eigenvalue weighted by Gasteiger charge is -2.13. The van der Waals surface area contributed by atoms with E-state index in [1.165, 1.54) is 12.1 Å².